The van der Waals surface area contributed by atoms with Crippen LogP contribution in [0, 0.1) is 0 Å². The van der Waals surface area contributed by atoms with Crippen molar-refractivity contribution in [1.29, 1.82) is 0 Å². The Bertz CT molecular complexity index is 1420. The molecule has 2 aromatic carbocycles. The number of benzene rings is 2. The number of nitrogens with one attached hydrogen (secondary N) is 1. The number of hydrogen-bond acceptors (Lipinski definition) is 6. The topological polar surface area (TPSA) is 108 Å². The fraction of sp³-hybridized carbons (Fsp3) is 0.379. The molecule has 2 aliphatic rings. The Balaban J connectivity index is 1.62. The predicted molar refractivity (Wildman–Crippen MR) is 144 cm³/mol. The van der Waals surface area contributed by atoms with Gasteiger partial charge in [0, 0.05) is 6.54 Å². The summed E-state index contributed by atoms with van der Waals surface area (Å²) in [5.41, 5.74) is -3.01. The summed E-state index contributed by atoms with van der Waals surface area (Å²) in [7, 11) is 0. The summed E-state index contributed by atoms with van der Waals surface area (Å²) in [4.78, 5) is 55.9. The number of alkyl halides is 6. The first-order valence-corrected chi connectivity index (χ1v) is 13.5. The van der Waals surface area contributed by atoms with Crippen LogP contribution in [0.3, 0.4) is 0 Å². The summed E-state index contributed by atoms with van der Waals surface area (Å²) in [5.74, 6) is -1.18. The molecule has 242 valence electrons. The molecule has 10 nitrogen and oxygen atoms in total. The molecule has 0 radical (unpaired) electrons. The van der Waals surface area contributed by atoms with E-state index in [1.54, 1.807) is 30.3 Å². The molecule has 0 spiro atoms. The highest BCUT2D eigenvalue weighted by Crippen LogP contribution is 2.36. The number of amides is 4. The Morgan fingerprint density at radius 3 is 2.13 bits per heavy atom. The van der Waals surface area contributed by atoms with Crippen molar-refractivity contribution in [3.8, 4) is 0 Å². The van der Waals surface area contributed by atoms with Crippen molar-refractivity contribution in [1.82, 2.24) is 20.0 Å². The molecular formula is C29H28F6N4O6. The molecule has 2 aliphatic heterocycles. The zero-order valence-electron chi connectivity index (χ0n) is 23.7. The third-order valence-electron chi connectivity index (χ3n) is 7.17. The number of piperazine rings is 1. The smallest absolute Gasteiger partial charge is 0.416 e. The molecule has 2 heterocycles. The third kappa shape index (κ3) is 7.67. The largest absolute Gasteiger partial charge is 0.445 e. The second-order valence-electron chi connectivity index (χ2n) is 10.3. The van der Waals surface area contributed by atoms with Crippen LogP contribution in [-0.2, 0) is 44.6 Å². The maximum Gasteiger partial charge on any atom is 0.416 e. The number of halogens is 6. The molecule has 1 N–H and O–H groups in total. The first-order valence-electron chi connectivity index (χ1n) is 13.5. The number of nitrogens with zero attached hydrogens (tertiary/aromatic N) is 3. The average Bonchev–Trinajstić information content (AvgIpc) is 2.98. The van der Waals surface area contributed by atoms with E-state index in [0.29, 0.717) is 12.1 Å². The van der Waals surface area contributed by atoms with E-state index >= 15 is 0 Å². The van der Waals surface area contributed by atoms with Gasteiger partial charge in [-0.3, -0.25) is 14.5 Å². The third-order valence-corrected chi connectivity index (χ3v) is 7.17. The summed E-state index contributed by atoms with van der Waals surface area (Å²) >= 11 is 0. The fourth-order valence-electron chi connectivity index (χ4n) is 5.08. The number of alkyl carbamates (subject to hydrolysis) is 1. The van der Waals surface area contributed by atoms with Crippen LogP contribution < -0.4 is 5.32 Å². The van der Waals surface area contributed by atoms with Gasteiger partial charge in [0.15, 0.2) is 0 Å². The van der Waals surface area contributed by atoms with Gasteiger partial charge in [0.2, 0.25) is 11.8 Å². The molecule has 16 heteroatoms. The minimum atomic E-state index is -5.11. The second kappa shape index (κ2) is 13.1. The van der Waals surface area contributed by atoms with E-state index < -0.39 is 84.4 Å². The second-order valence-corrected chi connectivity index (χ2v) is 10.3. The van der Waals surface area contributed by atoms with Gasteiger partial charge in [-0.2, -0.15) is 26.3 Å². The van der Waals surface area contributed by atoms with E-state index in [1.165, 1.54) is 17.9 Å². The van der Waals surface area contributed by atoms with Crippen LogP contribution in [0.15, 0.2) is 61.2 Å². The van der Waals surface area contributed by atoms with Crippen molar-refractivity contribution >= 4 is 24.0 Å². The molecule has 2 aromatic rings. The molecular weight excluding hydrogens is 614 g/mol. The standard InChI is InChI=1S/C29H28F6N4O6/c1-3-9-44-26(42)36-22-14-38(27(43)45-16-19-10-20(28(30,31)32)12-21(11-19)29(33,34)35)23-15-37(13-18-7-5-4-6-8-18)24(40)17(2)39(23)25(22)41/h3-8,10-12,17,22-23H,1,9,13-16H2,2H3,(H,36,42)/t17-,22-,23+/m0/s1. The first kappa shape index (κ1) is 33.1. The lowest BCUT2D eigenvalue weighted by molar-refractivity contribution is -0.169. The number of carbonyl (C=O) groups is 4. The van der Waals surface area contributed by atoms with Crippen molar-refractivity contribution in [3.05, 3.63) is 83.4 Å². The van der Waals surface area contributed by atoms with Crippen LogP contribution in [0.5, 0.6) is 0 Å². The Morgan fingerprint density at radius 2 is 1.56 bits per heavy atom. The van der Waals surface area contributed by atoms with E-state index in [0.717, 1.165) is 15.4 Å². The van der Waals surface area contributed by atoms with Crippen LogP contribution in [0.1, 0.15) is 29.2 Å². The van der Waals surface area contributed by atoms with E-state index in [2.05, 4.69) is 11.9 Å². The molecule has 45 heavy (non-hydrogen) atoms. The highest BCUT2D eigenvalue weighted by molar-refractivity contribution is 5.94. The number of fused-ring (bicyclic) bond motifs is 1. The summed E-state index contributed by atoms with van der Waals surface area (Å²) < 4.78 is 90.0. The van der Waals surface area contributed by atoms with Gasteiger partial charge in [-0.05, 0) is 36.2 Å². The molecule has 3 atom stereocenters. The number of hydrogen-bond donors (Lipinski definition) is 1. The molecule has 0 saturated carbocycles. The average molecular weight is 643 g/mol. The number of ether oxygens (including phenoxy) is 2. The monoisotopic (exact) mass is 642 g/mol. The Hall–Kier alpha value is -4.76. The molecule has 4 rings (SSSR count). The lowest BCUT2D eigenvalue weighted by Crippen LogP contribution is -2.75. The van der Waals surface area contributed by atoms with Gasteiger partial charge in [0.05, 0.1) is 24.2 Å². The van der Waals surface area contributed by atoms with Crippen molar-refractivity contribution in [2.75, 3.05) is 19.7 Å². The van der Waals surface area contributed by atoms with Crippen LogP contribution in [0.2, 0.25) is 0 Å². The van der Waals surface area contributed by atoms with Crippen LogP contribution >= 0.6 is 0 Å². The molecule has 0 unspecified atom stereocenters. The van der Waals surface area contributed by atoms with Gasteiger partial charge in [0.1, 0.15) is 31.5 Å². The molecule has 2 fully saturated rings. The normalized spacial score (nSPS) is 20.4. The Morgan fingerprint density at radius 1 is 0.933 bits per heavy atom. The van der Waals surface area contributed by atoms with Gasteiger partial charge < -0.3 is 24.6 Å². The Labute approximate surface area is 253 Å². The van der Waals surface area contributed by atoms with Gasteiger partial charge in [0.25, 0.3) is 0 Å². The predicted octanol–water partition coefficient (Wildman–Crippen LogP) is 4.54. The minimum absolute atomic E-state index is 0.0527. The minimum Gasteiger partial charge on any atom is -0.445 e. The zero-order valence-corrected chi connectivity index (χ0v) is 23.7. The number of carbonyl (C=O) groups excluding carboxylic acids is 4. The van der Waals surface area contributed by atoms with Gasteiger partial charge in [-0.25, -0.2) is 9.59 Å². The summed E-state index contributed by atoms with van der Waals surface area (Å²) in [6, 6.07) is 7.08. The van der Waals surface area contributed by atoms with E-state index in [1.807, 2.05) is 0 Å². The van der Waals surface area contributed by atoms with Gasteiger partial charge in [-0.15, -0.1) is 0 Å². The van der Waals surface area contributed by atoms with Crippen molar-refractivity contribution in [2.45, 2.75) is 50.7 Å². The van der Waals surface area contributed by atoms with Gasteiger partial charge >= 0.3 is 24.5 Å². The molecule has 0 bridgehead atoms. The maximum atomic E-state index is 13.5. The van der Waals surface area contributed by atoms with Gasteiger partial charge in [-0.1, -0.05) is 43.0 Å². The maximum absolute atomic E-state index is 13.5. The van der Waals surface area contributed by atoms with Crippen LogP contribution in [0.25, 0.3) is 0 Å². The summed E-state index contributed by atoms with van der Waals surface area (Å²) in [6.07, 6.45) is -12.3. The molecule has 2 saturated heterocycles. The molecule has 4 amide bonds. The number of rotatable bonds is 7. The van der Waals surface area contributed by atoms with E-state index in [-0.39, 0.29) is 25.8 Å². The summed E-state index contributed by atoms with van der Waals surface area (Å²) in [6.45, 7) is 3.06. The zero-order chi connectivity index (χ0) is 33.1. The first-order chi connectivity index (χ1) is 21.1. The van der Waals surface area contributed by atoms with Crippen molar-refractivity contribution in [3.63, 3.8) is 0 Å². The van der Waals surface area contributed by atoms with E-state index in [4.69, 9.17) is 9.47 Å². The quantitative estimate of drug-likeness (QED) is 0.351. The highest BCUT2D eigenvalue weighted by Gasteiger charge is 2.51. The molecule has 0 aliphatic carbocycles. The summed E-state index contributed by atoms with van der Waals surface area (Å²) in [5, 5.41) is 2.31. The van der Waals surface area contributed by atoms with Crippen molar-refractivity contribution < 1.29 is 55.0 Å². The fourth-order valence-corrected chi connectivity index (χ4v) is 5.08. The SMILES string of the molecule is C=CCOC(=O)N[C@H]1CN(C(=O)OCc2cc(C(F)(F)F)cc(C(F)(F)F)c2)[C@H]2CN(Cc3ccccc3)C(=O)[C@H](C)N2C1=O. The molecule has 0 aromatic heterocycles. The lowest BCUT2D eigenvalue weighted by Gasteiger charge is -2.52. The van der Waals surface area contributed by atoms with E-state index in [9.17, 15) is 45.5 Å². The van der Waals surface area contributed by atoms with Crippen LogP contribution in [0.4, 0.5) is 35.9 Å². The van der Waals surface area contributed by atoms with Crippen molar-refractivity contribution in [2.24, 2.45) is 0 Å². The Kier molecular flexibility index (Phi) is 9.63. The highest BCUT2D eigenvalue weighted by atomic mass is 19.4. The van der Waals surface area contributed by atoms with Crippen LogP contribution in [-0.4, -0.2) is 76.6 Å². The lowest BCUT2D eigenvalue weighted by atomic mass is 10.0.